The topological polar surface area (TPSA) is 84.1 Å². The van der Waals surface area contributed by atoms with Crippen LogP contribution in [0.15, 0.2) is 18.6 Å². The summed E-state index contributed by atoms with van der Waals surface area (Å²) >= 11 is 1.37. The fourth-order valence-corrected chi connectivity index (χ4v) is 2.60. The summed E-state index contributed by atoms with van der Waals surface area (Å²) in [6.45, 7) is 4.03. The number of aromatic amines is 1. The number of carbonyl (C=O) groups excluding carboxylic acids is 2. The van der Waals surface area contributed by atoms with Crippen molar-refractivity contribution in [3.05, 3.63) is 34.7 Å². The summed E-state index contributed by atoms with van der Waals surface area (Å²) in [7, 11) is 0. The molecule has 6 nitrogen and oxygen atoms in total. The molecule has 0 aliphatic heterocycles. The number of rotatable bonds is 5. The van der Waals surface area contributed by atoms with Gasteiger partial charge in [-0.15, -0.1) is 11.3 Å². The SMILES string of the molecule is CCOC(=O)c1cc(CC)sc1NC(=O)c1cnc[nH]1. The molecular weight excluding hydrogens is 278 g/mol. The Hall–Kier alpha value is -2.15. The summed E-state index contributed by atoms with van der Waals surface area (Å²) in [5, 5.41) is 3.21. The fourth-order valence-electron chi connectivity index (χ4n) is 1.62. The summed E-state index contributed by atoms with van der Waals surface area (Å²) in [5.74, 6) is -0.763. The lowest BCUT2D eigenvalue weighted by Crippen LogP contribution is -2.14. The predicted octanol–water partition coefficient (Wildman–Crippen LogP) is 2.46. The molecule has 2 heterocycles. The van der Waals surface area contributed by atoms with Gasteiger partial charge in [0.15, 0.2) is 0 Å². The zero-order valence-electron chi connectivity index (χ0n) is 11.2. The first-order valence-corrected chi connectivity index (χ1v) is 7.06. The van der Waals surface area contributed by atoms with E-state index in [1.807, 2.05) is 6.92 Å². The van der Waals surface area contributed by atoms with Gasteiger partial charge >= 0.3 is 5.97 Å². The minimum Gasteiger partial charge on any atom is -0.462 e. The number of aryl methyl sites for hydroxylation is 1. The van der Waals surface area contributed by atoms with Crippen LogP contribution in [-0.2, 0) is 11.2 Å². The van der Waals surface area contributed by atoms with E-state index in [0.717, 1.165) is 11.3 Å². The van der Waals surface area contributed by atoms with Crippen molar-refractivity contribution in [2.45, 2.75) is 20.3 Å². The van der Waals surface area contributed by atoms with E-state index < -0.39 is 5.97 Å². The molecule has 106 valence electrons. The molecule has 0 fully saturated rings. The molecule has 2 N–H and O–H groups in total. The normalized spacial score (nSPS) is 10.3. The van der Waals surface area contributed by atoms with Crippen LogP contribution in [-0.4, -0.2) is 28.5 Å². The van der Waals surface area contributed by atoms with E-state index >= 15 is 0 Å². The van der Waals surface area contributed by atoms with Crippen molar-refractivity contribution < 1.29 is 14.3 Å². The number of H-pyrrole nitrogens is 1. The van der Waals surface area contributed by atoms with Crippen LogP contribution in [0.1, 0.15) is 39.6 Å². The van der Waals surface area contributed by atoms with E-state index in [9.17, 15) is 9.59 Å². The molecule has 2 aromatic rings. The van der Waals surface area contributed by atoms with Gasteiger partial charge in [0.2, 0.25) is 0 Å². The quantitative estimate of drug-likeness (QED) is 0.829. The number of nitrogens with zero attached hydrogens (tertiary/aromatic N) is 1. The number of imidazole rings is 1. The molecule has 20 heavy (non-hydrogen) atoms. The van der Waals surface area contributed by atoms with E-state index in [2.05, 4.69) is 15.3 Å². The zero-order chi connectivity index (χ0) is 14.5. The number of ether oxygens (including phenoxy) is 1. The van der Waals surface area contributed by atoms with E-state index in [0.29, 0.717) is 22.9 Å². The average molecular weight is 293 g/mol. The summed E-state index contributed by atoms with van der Waals surface area (Å²) in [5.41, 5.74) is 0.729. The Morgan fingerprint density at radius 2 is 2.25 bits per heavy atom. The van der Waals surface area contributed by atoms with Crippen molar-refractivity contribution in [1.82, 2.24) is 9.97 Å². The number of nitrogens with one attached hydrogen (secondary N) is 2. The van der Waals surface area contributed by atoms with Gasteiger partial charge in [-0.3, -0.25) is 4.79 Å². The molecule has 0 bridgehead atoms. The van der Waals surface area contributed by atoms with E-state index in [1.165, 1.54) is 23.9 Å². The van der Waals surface area contributed by atoms with Crippen LogP contribution in [0.25, 0.3) is 0 Å². The van der Waals surface area contributed by atoms with Crippen LogP contribution < -0.4 is 5.32 Å². The van der Waals surface area contributed by atoms with Crippen LogP contribution in [0.4, 0.5) is 5.00 Å². The van der Waals surface area contributed by atoms with Crippen LogP contribution in [0.5, 0.6) is 0 Å². The van der Waals surface area contributed by atoms with Crippen LogP contribution in [0.2, 0.25) is 0 Å². The first-order valence-electron chi connectivity index (χ1n) is 6.25. The fraction of sp³-hybridized carbons (Fsp3) is 0.308. The molecule has 0 aliphatic rings. The summed E-state index contributed by atoms with van der Waals surface area (Å²) in [6.07, 6.45) is 3.64. The van der Waals surface area contributed by atoms with Gasteiger partial charge in [-0.1, -0.05) is 6.92 Å². The number of aromatic nitrogens is 2. The van der Waals surface area contributed by atoms with Crippen molar-refractivity contribution in [2.75, 3.05) is 11.9 Å². The van der Waals surface area contributed by atoms with E-state index in [-0.39, 0.29) is 5.91 Å². The first kappa shape index (κ1) is 14.3. The minimum atomic E-state index is -0.427. The lowest BCUT2D eigenvalue weighted by Gasteiger charge is -2.04. The number of thiophene rings is 1. The maximum atomic E-state index is 12.0. The molecule has 0 radical (unpaired) electrons. The molecule has 0 unspecified atom stereocenters. The second-order valence-electron chi connectivity index (χ2n) is 3.95. The molecule has 0 saturated carbocycles. The van der Waals surface area contributed by atoms with Crippen molar-refractivity contribution in [3.8, 4) is 0 Å². The summed E-state index contributed by atoms with van der Waals surface area (Å²) < 4.78 is 4.99. The average Bonchev–Trinajstić information content (AvgIpc) is 3.08. The molecule has 0 aromatic carbocycles. The maximum Gasteiger partial charge on any atom is 0.341 e. The molecule has 0 aliphatic carbocycles. The van der Waals surface area contributed by atoms with Crippen LogP contribution in [0.3, 0.4) is 0 Å². The second-order valence-corrected chi connectivity index (χ2v) is 5.09. The minimum absolute atomic E-state index is 0.296. The summed E-state index contributed by atoms with van der Waals surface area (Å²) in [4.78, 5) is 31.4. The molecule has 2 rings (SSSR count). The highest BCUT2D eigenvalue weighted by Crippen LogP contribution is 2.29. The van der Waals surface area contributed by atoms with Gasteiger partial charge in [0.25, 0.3) is 5.91 Å². The zero-order valence-corrected chi connectivity index (χ0v) is 12.0. The molecule has 2 aromatic heterocycles. The number of esters is 1. The number of hydrogen-bond donors (Lipinski definition) is 2. The monoisotopic (exact) mass is 293 g/mol. The van der Waals surface area contributed by atoms with E-state index in [4.69, 9.17) is 4.74 Å². The van der Waals surface area contributed by atoms with E-state index in [1.54, 1.807) is 13.0 Å². The molecule has 0 spiro atoms. The Labute approximate surface area is 120 Å². The van der Waals surface area contributed by atoms with Crippen molar-refractivity contribution in [3.63, 3.8) is 0 Å². The predicted molar refractivity (Wildman–Crippen MR) is 76.2 cm³/mol. The van der Waals surface area contributed by atoms with Gasteiger partial charge in [0.1, 0.15) is 10.7 Å². The van der Waals surface area contributed by atoms with Gasteiger partial charge in [0, 0.05) is 4.88 Å². The van der Waals surface area contributed by atoms with Crippen LogP contribution >= 0.6 is 11.3 Å². The Balaban J connectivity index is 2.23. The van der Waals surface area contributed by atoms with Gasteiger partial charge < -0.3 is 15.0 Å². The standard InChI is InChI=1S/C13H15N3O3S/c1-3-8-5-9(13(18)19-4-2)12(20-8)16-11(17)10-6-14-7-15-10/h5-7H,3-4H2,1-2H3,(H,14,15)(H,16,17). The molecule has 1 amide bonds. The highest BCUT2D eigenvalue weighted by atomic mass is 32.1. The third kappa shape index (κ3) is 3.05. The lowest BCUT2D eigenvalue weighted by molar-refractivity contribution is 0.0528. The van der Waals surface area contributed by atoms with Gasteiger partial charge in [-0.05, 0) is 19.4 Å². The Morgan fingerprint density at radius 1 is 1.45 bits per heavy atom. The highest BCUT2D eigenvalue weighted by molar-refractivity contribution is 7.16. The van der Waals surface area contributed by atoms with Crippen molar-refractivity contribution in [1.29, 1.82) is 0 Å². The third-order valence-corrected chi connectivity index (χ3v) is 3.79. The number of carbonyl (C=O) groups is 2. The van der Waals surface area contributed by atoms with Gasteiger partial charge in [-0.25, -0.2) is 9.78 Å². The van der Waals surface area contributed by atoms with Gasteiger partial charge in [0.05, 0.1) is 24.7 Å². The van der Waals surface area contributed by atoms with Crippen molar-refractivity contribution in [2.24, 2.45) is 0 Å². The lowest BCUT2D eigenvalue weighted by atomic mass is 10.2. The summed E-state index contributed by atoms with van der Waals surface area (Å²) in [6, 6.07) is 1.76. The largest absolute Gasteiger partial charge is 0.462 e. The molecular formula is C13H15N3O3S. The number of hydrogen-bond acceptors (Lipinski definition) is 5. The molecule has 0 atom stereocenters. The Bertz CT molecular complexity index is 604. The maximum absolute atomic E-state index is 12.0. The molecule has 7 heteroatoms. The first-order chi connectivity index (χ1) is 9.65. The highest BCUT2D eigenvalue weighted by Gasteiger charge is 2.19. The van der Waals surface area contributed by atoms with Crippen molar-refractivity contribution >= 4 is 28.2 Å². The Morgan fingerprint density at radius 3 is 2.85 bits per heavy atom. The Kier molecular flexibility index (Phi) is 4.52. The second kappa shape index (κ2) is 6.33. The number of amides is 1. The van der Waals surface area contributed by atoms with Crippen LogP contribution in [0, 0.1) is 0 Å². The van der Waals surface area contributed by atoms with Gasteiger partial charge in [-0.2, -0.15) is 0 Å². The number of anilines is 1. The smallest absolute Gasteiger partial charge is 0.341 e. The molecule has 0 saturated heterocycles. The third-order valence-electron chi connectivity index (χ3n) is 2.60.